The molecule has 1 aromatic carbocycles. The Balaban J connectivity index is 2.30. The molecule has 4 heteroatoms. The van der Waals surface area contributed by atoms with E-state index in [9.17, 15) is 0 Å². The Labute approximate surface area is 114 Å². The van der Waals surface area contributed by atoms with Gasteiger partial charge in [0.15, 0.2) is 0 Å². The van der Waals surface area contributed by atoms with E-state index in [1.807, 2.05) is 42.1 Å². The third-order valence-electron chi connectivity index (χ3n) is 3.10. The van der Waals surface area contributed by atoms with E-state index in [-0.39, 0.29) is 0 Å². The largest absolute Gasteiger partial charge is 0.494 e. The monoisotopic (exact) mass is 259 g/mol. The summed E-state index contributed by atoms with van der Waals surface area (Å²) in [4.78, 5) is 0. The summed E-state index contributed by atoms with van der Waals surface area (Å²) in [5, 5.41) is 4.47. The van der Waals surface area contributed by atoms with Gasteiger partial charge in [0.1, 0.15) is 5.75 Å². The summed E-state index contributed by atoms with van der Waals surface area (Å²) in [7, 11) is 0. The molecule has 1 heterocycles. The number of aromatic nitrogens is 2. The third-order valence-corrected chi connectivity index (χ3v) is 3.10. The zero-order valence-corrected chi connectivity index (χ0v) is 11.6. The van der Waals surface area contributed by atoms with Crippen LogP contribution >= 0.6 is 0 Å². The van der Waals surface area contributed by atoms with Gasteiger partial charge in [-0.2, -0.15) is 5.10 Å². The minimum absolute atomic E-state index is 0.655. The SMILES string of the molecule is CCOc1ccc(-n2ncc(CCN)c2CC)cc1. The predicted octanol–water partition coefficient (Wildman–Crippen LogP) is 2.33. The second-order valence-corrected chi connectivity index (χ2v) is 4.35. The molecule has 1 aromatic heterocycles. The summed E-state index contributed by atoms with van der Waals surface area (Å²) < 4.78 is 7.44. The van der Waals surface area contributed by atoms with Gasteiger partial charge in [0.05, 0.1) is 18.5 Å². The van der Waals surface area contributed by atoms with Crippen LogP contribution in [0, 0.1) is 0 Å². The molecule has 0 amide bonds. The molecule has 2 N–H and O–H groups in total. The van der Waals surface area contributed by atoms with Crippen molar-refractivity contribution in [2.24, 2.45) is 5.73 Å². The fraction of sp³-hybridized carbons (Fsp3) is 0.400. The van der Waals surface area contributed by atoms with Crippen LogP contribution in [0.4, 0.5) is 0 Å². The van der Waals surface area contributed by atoms with Gasteiger partial charge in [0.2, 0.25) is 0 Å². The van der Waals surface area contributed by atoms with Gasteiger partial charge < -0.3 is 10.5 Å². The van der Waals surface area contributed by atoms with Crippen LogP contribution in [0.1, 0.15) is 25.1 Å². The minimum Gasteiger partial charge on any atom is -0.494 e. The van der Waals surface area contributed by atoms with Crippen molar-refractivity contribution >= 4 is 0 Å². The van der Waals surface area contributed by atoms with Gasteiger partial charge in [-0.15, -0.1) is 0 Å². The van der Waals surface area contributed by atoms with Crippen LogP contribution in [0.25, 0.3) is 5.69 Å². The van der Waals surface area contributed by atoms with E-state index in [0.717, 1.165) is 24.3 Å². The van der Waals surface area contributed by atoms with E-state index in [1.165, 1.54) is 11.3 Å². The van der Waals surface area contributed by atoms with E-state index in [4.69, 9.17) is 10.5 Å². The lowest BCUT2D eigenvalue weighted by molar-refractivity contribution is 0.340. The van der Waals surface area contributed by atoms with Gasteiger partial charge in [-0.3, -0.25) is 0 Å². The Kier molecular flexibility index (Phi) is 4.58. The molecule has 0 unspecified atom stereocenters. The van der Waals surface area contributed by atoms with E-state index < -0.39 is 0 Å². The fourth-order valence-corrected chi connectivity index (χ4v) is 2.22. The first-order valence-corrected chi connectivity index (χ1v) is 6.79. The first-order chi connectivity index (χ1) is 9.30. The maximum atomic E-state index is 5.63. The molecule has 4 nitrogen and oxygen atoms in total. The van der Waals surface area contributed by atoms with Gasteiger partial charge in [-0.25, -0.2) is 4.68 Å². The summed E-state index contributed by atoms with van der Waals surface area (Å²) in [6.45, 7) is 5.46. The molecule has 2 rings (SSSR count). The second-order valence-electron chi connectivity index (χ2n) is 4.35. The van der Waals surface area contributed by atoms with Crippen LogP contribution < -0.4 is 10.5 Å². The average Bonchev–Trinajstić information content (AvgIpc) is 2.83. The Morgan fingerprint density at radius 1 is 1.21 bits per heavy atom. The van der Waals surface area contributed by atoms with Gasteiger partial charge in [-0.1, -0.05) is 6.92 Å². The normalized spacial score (nSPS) is 10.7. The fourth-order valence-electron chi connectivity index (χ4n) is 2.22. The predicted molar refractivity (Wildman–Crippen MR) is 76.9 cm³/mol. The first-order valence-electron chi connectivity index (χ1n) is 6.79. The summed E-state index contributed by atoms with van der Waals surface area (Å²) in [6, 6.07) is 8.01. The average molecular weight is 259 g/mol. The summed E-state index contributed by atoms with van der Waals surface area (Å²) in [6.07, 6.45) is 3.74. The quantitative estimate of drug-likeness (QED) is 0.866. The molecule has 0 atom stereocenters. The molecule has 0 bridgehead atoms. The number of benzene rings is 1. The van der Waals surface area contributed by atoms with Crippen LogP contribution in [0.15, 0.2) is 30.5 Å². The minimum atomic E-state index is 0.655. The lowest BCUT2D eigenvalue weighted by atomic mass is 10.1. The first kappa shape index (κ1) is 13.6. The Morgan fingerprint density at radius 2 is 1.95 bits per heavy atom. The molecular formula is C15H21N3O. The van der Waals surface area contributed by atoms with Crippen molar-refractivity contribution in [1.82, 2.24) is 9.78 Å². The number of ether oxygens (including phenoxy) is 1. The number of rotatable bonds is 6. The number of nitrogens with two attached hydrogens (primary N) is 1. The Morgan fingerprint density at radius 3 is 2.53 bits per heavy atom. The topological polar surface area (TPSA) is 53.1 Å². The zero-order valence-electron chi connectivity index (χ0n) is 11.6. The standard InChI is InChI=1S/C15H21N3O/c1-3-15-12(9-10-16)11-17-18(15)13-5-7-14(8-6-13)19-4-2/h5-8,11H,3-4,9-10,16H2,1-2H3. The van der Waals surface area contributed by atoms with Crippen LogP contribution in [0.3, 0.4) is 0 Å². The van der Waals surface area contributed by atoms with E-state index in [2.05, 4.69) is 12.0 Å². The van der Waals surface area contributed by atoms with Crippen molar-refractivity contribution in [2.75, 3.05) is 13.2 Å². The highest BCUT2D eigenvalue weighted by Gasteiger charge is 2.09. The molecule has 2 aromatic rings. The van der Waals surface area contributed by atoms with Crippen LogP contribution in [0.2, 0.25) is 0 Å². The maximum Gasteiger partial charge on any atom is 0.119 e. The van der Waals surface area contributed by atoms with Gasteiger partial charge in [0, 0.05) is 5.69 Å². The van der Waals surface area contributed by atoms with Crippen LogP contribution in [0.5, 0.6) is 5.75 Å². The molecule has 0 aliphatic carbocycles. The van der Waals surface area contributed by atoms with Crippen LogP contribution in [-0.2, 0) is 12.8 Å². The Bertz CT molecular complexity index is 517. The van der Waals surface area contributed by atoms with Gasteiger partial charge in [-0.05, 0) is 56.1 Å². The van der Waals surface area contributed by atoms with Crippen molar-refractivity contribution < 1.29 is 4.74 Å². The third kappa shape index (κ3) is 2.96. The molecule has 102 valence electrons. The summed E-state index contributed by atoms with van der Waals surface area (Å²) in [5.74, 6) is 0.888. The van der Waals surface area contributed by atoms with Crippen molar-refractivity contribution in [3.05, 3.63) is 41.7 Å². The van der Waals surface area contributed by atoms with Crippen molar-refractivity contribution in [2.45, 2.75) is 26.7 Å². The van der Waals surface area contributed by atoms with E-state index >= 15 is 0 Å². The molecule has 0 spiro atoms. The molecule has 0 radical (unpaired) electrons. The highest BCUT2D eigenvalue weighted by Crippen LogP contribution is 2.19. The number of hydrogen-bond acceptors (Lipinski definition) is 3. The van der Waals surface area contributed by atoms with Gasteiger partial charge in [0.25, 0.3) is 0 Å². The highest BCUT2D eigenvalue weighted by atomic mass is 16.5. The molecule has 0 aliphatic rings. The van der Waals surface area contributed by atoms with Crippen LogP contribution in [-0.4, -0.2) is 22.9 Å². The van der Waals surface area contributed by atoms with Crippen molar-refractivity contribution in [3.8, 4) is 11.4 Å². The second kappa shape index (κ2) is 6.38. The molecule has 19 heavy (non-hydrogen) atoms. The number of nitrogens with zero attached hydrogens (tertiary/aromatic N) is 2. The lowest BCUT2D eigenvalue weighted by Gasteiger charge is -2.09. The zero-order chi connectivity index (χ0) is 13.7. The molecule has 0 saturated carbocycles. The molecule has 0 saturated heterocycles. The Hall–Kier alpha value is -1.81. The highest BCUT2D eigenvalue weighted by molar-refractivity contribution is 5.39. The molecule has 0 aliphatic heterocycles. The maximum absolute atomic E-state index is 5.63. The molecule has 0 fully saturated rings. The van der Waals surface area contributed by atoms with E-state index in [1.54, 1.807) is 0 Å². The van der Waals surface area contributed by atoms with Gasteiger partial charge >= 0.3 is 0 Å². The summed E-state index contributed by atoms with van der Waals surface area (Å²) in [5.41, 5.74) is 9.16. The van der Waals surface area contributed by atoms with E-state index in [0.29, 0.717) is 13.2 Å². The lowest BCUT2D eigenvalue weighted by Crippen LogP contribution is -2.06. The van der Waals surface area contributed by atoms with Crippen molar-refractivity contribution in [1.29, 1.82) is 0 Å². The summed E-state index contributed by atoms with van der Waals surface area (Å²) >= 11 is 0. The van der Waals surface area contributed by atoms with Crippen molar-refractivity contribution in [3.63, 3.8) is 0 Å². The number of hydrogen-bond donors (Lipinski definition) is 1. The molecular weight excluding hydrogens is 238 g/mol. The smallest absolute Gasteiger partial charge is 0.119 e.